The van der Waals surface area contributed by atoms with Crippen LogP contribution in [0.5, 0.6) is 0 Å². The second kappa shape index (κ2) is 9.27. The van der Waals surface area contributed by atoms with Crippen molar-refractivity contribution in [1.29, 1.82) is 0 Å². The van der Waals surface area contributed by atoms with Crippen molar-refractivity contribution >= 4 is 56.6 Å². The standard InChI is InChI=1S/C21H16ClFN4O3S2/c1-2-31-20-25-18-17(32-20)19(29)27(13-6-4-3-5-7-13)21(30)26(18)11-16(28)24-15-10-12(23)8-9-14(15)22/h3-10H,2,11H2,1H3,(H,24,28). The molecule has 0 radical (unpaired) electrons. The topological polar surface area (TPSA) is 86.0 Å². The van der Waals surface area contributed by atoms with Crippen LogP contribution in [-0.2, 0) is 11.3 Å². The molecule has 164 valence electrons. The number of anilines is 1. The van der Waals surface area contributed by atoms with Gasteiger partial charge in [0, 0.05) is 0 Å². The number of hydrogen-bond donors (Lipinski definition) is 1. The minimum absolute atomic E-state index is 0.0813. The fourth-order valence-corrected chi connectivity index (χ4v) is 5.21. The maximum Gasteiger partial charge on any atom is 0.337 e. The van der Waals surface area contributed by atoms with E-state index in [0.29, 0.717) is 10.0 Å². The Morgan fingerprint density at radius 2 is 1.97 bits per heavy atom. The zero-order chi connectivity index (χ0) is 22.8. The van der Waals surface area contributed by atoms with Gasteiger partial charge in [0.1, 0.15) is 17.1 Å². The van der Waals surface area contributed by atoms with Gasteiger partial charge >= 0.3 is 5.69 Å². The molecular formula is C21H16ClFN4O3S2. The Balaban J connectivity index is 1.83. The van der Waals surface area contributed by atoms with Crippen molar-refractivity contribution in [3.05, 3.63) is 80.2 Å². The third kappa shape index (κ3) is 4.34. The van der Waals surface area contributed by atoms with Crippen molar-refractivity contribution in [3.63, 3.8) is 0 Å². The normalized spacial score (nSPS) is 11.1. The van der Waals surface area contributed by atoms with Gasteiger partial charge in [-0.3, -0.25) is 14.2 Å². The second-order valence-electron chi connectivity index (χ2n) is 6.58. The number of nitrogens with one attached hydrogen (secondary N) is 1. The minimum Gasteiger partial charge on any atom is -0.323 e. The summed E-state index contributed by atoms with van der Waals surface area (Å²) in [7, 11) is 0. The van der Waals surface area contributed by atoms with Crippen molar-refractivity contribution < 1.29 is 9.18 Å². The number of halogens is 2. The van der Waals surface area contributed by atoms with E-state index in [-0.39, 0.29) is 21.1 Å². The number of aromatic nitrogens is 3. The van der Waals surface area contributed by atoms with Crippen LogP contribution in [0.1, 0.15) is 6.92 Å². The highest BCUT2D eigenvalue weighted by atomic mass is 35.5. The number of fused-ring (bicyclic) bond motifs is 1. The lowest BCUT2D eigenvalue weighted by Crippen LogP contribution is -2.40. The Kier molecular flexibility index (Phi) is 6.45. The Hall–Kier alpha value is -2.95. The van der Waals surface area contributed by atoms with Crippen molar-refractivity contribution in [2.75, 3.05) is 11.1 Å². The molecule has 4 rings (SSSR count). The predicted octanol–water partition coefficient (Wildman–Crippen LogP) is 4.15. The first-order chi connectivity index (χ1) is 15.4. The highest BCUT2D eigenvalue weighted by molar-refractivity contribution is 8.01. The number of thioether (sulfide) groups is 1. The number of thiazole rings is 1. The SMILES string of the molecule is CCSc1nc2c(s1)c(=O)n(-c1ccccc1)c(=O)n2CC(=O)Nc1cc(F)ccc1Cl. The Bertz CT molecular complexity index is 1430. The summed E-state index contributed by atoms with van der Waals surface area (Å²) < 4.78 is 16.6. The highest BCUT2D eigenvalue weighted by Crippen LogP contribution is 2.27. The van der Waals surface area contributed by atoms with Gasteiger partial charge in [0.15, 0.2) is 9.99 Å². The highest BCUT2D eigenvalue weighted by Gasteiger charge is 2.21. The number of para-hydroxylation sites is 1. The number of rotatable bonds is 6. The van der Waals surface area contributed by atoms with Gasteiger partial charge in [-0.2, -0.15) is 0 Å². The van der Waals surface area contributed by atoms with E-state index in [9.17, 15) is 18.8 Å². The molecule has 0 fully saturated rings. The van der Waals surface area contributed by atoms with E-state index in [1.807, 2.05) is 6.92 Å². The predicted molar refractivity (Wildman–Crippen MR) is 126 cm³/mol. The van der Waals surface area contributed by atoms with Gasteiger partial charge in [-0.1, -0.05) is 48.5 Å². The van der Waals surface area contributed by atoms with Crippen LogP contribution in [0, 0.1) is 5.82 Å². The average molecular weight is 491 g/mol. The molecule has 32 heavy (non-hydrogen) atoms. The number of benzene rings is 2. The van der Waals surface area contributed by atoms with Crippen molar-refractivity contribution in [2.45, 2.75) is 17.8 Å². The summed E-state index contributed by atoms with van der Waals surface area (Å²) in [5, 5.41) is 2.66. The number of carbonyl (C=O) groups is 1. The molecule has 0 aliphatic carbocycles. The van der Waals surface area contributed by atoms with Gasteiger partial charge in [-0.05, 0) is 36.1 Å². The first kappa shape index (κ1) is 22.3. The second-order valence-corrected chi connectivity index (χ2v) is 9.50. The molecular weight excluding hydrogens is 475 g/mol. The molecule has 2 aromatic heterocycles. The largest absolute Gasteiger partial charge is 0.337 e. The number of carbonyl (C=O) groups excluding carboxylic acids is 1. The zero-order valence-corrected chi connectivity index (χ0v) is 19.1. The number of hydrogen-bond acceptors (Lipinski definition) is 6. The summed E-state index contributed by atoms with van der Waals surface area (Å²) >= 11 is 8.63. The summed E-state index contributed by atoms with van der Waals surface area (Å²) in [6, 6.07) is 12.0. The minimum atomic E-state index is -0.701. The molecule has 0 bridgehead atoms. The van der Waals surface area contributed by atoms with Crippen LogP contribution in [0.2, 0.25) is 5.02 Å². The molecule has 1 N–H and O–H groups in total. The molecule has 0 unspecified atom stereocenters. The van der Waals surface area contributed by atoms with Crippen LogP contribution in [0.15, 0.2) is 62.5 Å². The fourth-order valence-electron chi connectivity index (χ4n) is 3.07. The maximum atomic E-state index is 13.5. The molecule has 2 aromatic carbocycles. The molecule has 0 saturated carbocycles. The lowest BCUT2D eigenvalue weighted by atomic mass is 10.3. The van der Waals surface area contributed by atoms with E-state index in [1.54, 1.807) is 30.3 Å². The summed E-state index contributed by atoms with van der Waals surface area (Å²) in [6.07, 6.45) is 0. The van der Waals surface area contributed by atoms with Crippen LogP contribution in [0.25, 0.3) is 16.0 Å². The summed E-state index contributed by atoms with van der Waals surface area (Å²) in [4.78, 5) is 43.6. The first-order valence-electron chi connectivity index (χ1n) is 9.48. The smallest absolute Gasteiger partial charge is 0.323 e. The van der Waals surface area contributed by atoms with Crippen LogP contribution in [0.4, 0.5) is 10.1 Å². The van der Waals surface area contributed by atoms with Crippen LogP contribution in [0.3, 0.4) is 0 Å². The average Bonchev–Trinajstić information content (AvgIpc) is 3.19. The van der Waals surface area contributed by atoms with Gasteiger partial charge in [-0.25, -0.2) is 18.7 Å². The van der Waals surface area contributed by atoms with Gasteiger partial charge in [0.2, 0.25) is 5.91 Å². The Labute approximate surface area is 194 Å². The van der Waals surface area contributed by atoms with E-state index in [0.717, 1.165) is 21.0 Å². The lowest BCUT2D eigenvalue weighted by Gasteiger charge is -2.12. The summed E-state index contributed by atoms with van der Waals surface area (Å²) in [5.74, 6) is -0.449. The molecule has 0 aliphatic rings. The van der Waals surface area contributed by atoms with E-state index in [2.05, 4.69) is 10.3 Å². The summed E-state index contributed by atoms with van der Waals surface area (Å²) in [5.41, 5.74) is -0.606. The van der Waals surface area contributed by atoms with Crippen LogP contribution < -0.4 is 16.6 Å². The van der Waals surface area contributed by atoms with Crippen LogP contribution in [-0.4, -0.2) is 25.8 Å². The number of amides is 1. The Morgan fingerprint density at radius 3 is 2.69 bits per heavy atom. The van der Waals surface area contributed by atoms with Gasteiger partial charge in [-0.15, -0.1) is 11.3 Å². The fraction of sp³-hybridized carbons (Fsp3) is 0.143. The first-order valence-corrected chi connectivity index (χ1v) is 11.7. The van der Waals surface area contributed by atoms with Crippen molar-refractivity contribution in [1.82, 2.24) is 14.1 Å². The molecule has 2 heterocycles. The molecule has 11 heteroatoms. The van der Waals surface area contributed by atoms with E-state index >= 15 is 0 Å². The molecule has 7 nitrogen and oxygen atoms in total. The number of nitrogens with zero attached hydrogens (tertiary/aromatic N) is 3. The summed E-state index contributed by atoms with van der Waals surface area (Å²) in [6.45, 7) is 1.51. The molecule has 1 amide bonds. The molecule has 4 aromatic rings. The van der Waals surface area contributed by atoms with Gasteiger partial charge < -0.3 is 5.32 Å². The van der Waals surface area contributed by atoms with Crippen LogP contribution >= 0.6 is 34.7 Å². The van der Waals surface area contributed by atoms with Crippen molar-refractivity contribution in [2.24, 2.45) is 0 Å². The van der Waals surface area contributed by atoms with E-state index < -0.39 is 29.5 Å². The van der Waals surface area contributed by atoms with E-state index in [4.69, 9.17) is 11.6 Å². The third-order valence-corrected chi connectivity index (χ3v) is 6.84. The Morgan fingerprint density at radius 1 is 1.22 bits per heavy atom. The molecule has 0 saturated heterocycles. The third-order valence-electron chi connectivity index (χ3n) is 4.45. The van der Waals surface area contributed by atoms with Gasteiger partial charge in [0.05, 0.1) is 16.4 Å². The monoisotopic (exact) mass is 490 g/mol. The maximum absolute atomic E-state index is 13.5. The quantitative estimate of drug-likeness (QED) is 0.410. The van der Waals surface area contributed by atoms with E-state index in [1.165, 1.54) is 35.2 Å². The lowest BCUT2D eigenvalue weighted by molar-refractivity contribution is -0.116. The zero-order valence-electron chi connectivity index (χ0n) is 16.7. The van der Waals surface area contributed by atoms with Crippen molar-refractivity contribution in [3.8, 4) is 5.69 Å². The molecule has 0 spiro atoms. The molecule has 0 aliphatic heterocycles. The van der Waals surface area contributed by atoms with Gasteiger partial charge in [0.25, 0.3) is 5.56 Å². The molecule has 0 atom stereocenters.